The van der Waals surface area contributed by atoms with Gasteiger partial charge in [-0.1, -0.05) is 0 Å². The van der Waals surface area contributed by atoms with Gasteiger partial charge in [0.25, 0.3) is 0 Å². The van der Waals surface area contributed by atoms with Crippen LogP contribution < -0.4 is 4.90 Å². The highest BCUT2D eigenvalue weighted by molar-refractivity contribution is 5.55. The van der Waals surface area contributed by atoms with Crippen LogP contribution in [0.4, 0.5) is 11.6 Å². The number of aromatic nitrogens is 2. The molecule has 0 saturated carbocycles. The third kappa shape index (κ3) is 1.22. The first-order valence-electron chi connectivity index (χ1n) is 3.79. The molecule has 0 unspecified atom stereocenters. The molecule has 1 aliphatic heterocycles. The van der Waals surface area contributed by atoms with Crippen molar-refractivity contribution in [3.8, 4) is 0 Å². The van der Waals surface area contributed by atoms with Gasteiger partial charge in [-0.2, -0.15) is 4.98 Å². The minimum atomic E-state index is -0.521. The van der Waals surface area contributed by atoms with Gasteiger partial charge in [0.15, 0.2) is 6.33 Å². The number of aromatic amines is 1. The SMILES string of the molecule is O=[N+]([O-])c1[nH]cnc1N1CC(O)C1. The normalized spacial score (nSPS) is 17.2. The van der Waals surface area contributed by atoms with E-state index < -0.39 is 11.0 Å². The summed E-state index contributed by atoms with van der Waals surface area (Å²) in [6.07, 6.45) is 0.884. The fourth-order valence-electron chi connectivity index (χ4n) is 1.27. The van der Waals surface area contributed by atoms with E-state index in [0.717, 1.165) is 0 Å². The number of imidazole rings is 1. The summed E-state index contributed by atoms with van der Waals surface area (Å²) in [6.45, 7) is 0.817. The molecule has 1 aromatic heterocycles. The van der Waals surface area contributed by atoms with E-state index in [-0.39, 0.29) is 5.82 Å². The maximum Gasteiger partial charge on any atom is 0.365 e. The van der Waals surface area contributed by atoms with Crippen molar-refractivity contribution in [2.75, 3.05) is 18.0 Å². The predicted octanol–water partition coefficient (Wildman–Crippen LogP) is -0.501. The zero-order chi connectivity index (χ0) is 9.42. The minimum Gasteiger partial charge on any atom is -0.389 e. The highest BCUT2D eigenvalue weighted by Gasteiger charge is 2.31. The second-order valence-corrected chi connectivity index (χ2v) is 2.89. The van der Waals surface area contributed by atoms with Crippen LogP contribution in [0, 0.1) is 10.1 Å². The molecule has 0 atom stereocenters. The molecule has 7 heteroatoms. The maximum atomic E-state index is 10.5. The van der Waals surface area contributed by atoms with Crippen LogP contribution in [0.1, 0.15) is 0 Å². The fraction of sp³-hybridized carbons (Fsp3) is 0.500. The van der Waals surface area contributed by atoms with Gasteiger partial charge in [-0.25, -0.2) is 4.98 Å². The molecule has 70 valence electrons. The number of hydrogen-bond donors (Lipinski definition) is 2. The lowest BCUT2D eigenvalue weighted by Gasteiger charge is -2.35. The summed E-state index contributed by atoms with van der Waals surface area (Å²) >= 11 is 0. The fourth-order valence-corrected chi connectivity index (χ4v) is 1.27. The number of nitro groups is 1. The molecule has 2 N–H and O–H groups in total. The molecule has 0 bridgehead atoms. The average molecular weight is 184 g/mol. The Labute approximate surface area is 73.2 Å². The summed E-state index contributed by atoms with van der Waals surface area (Å²) < 4.78 is 0. The molecule has 7 nitrogen and oxygen atoms in total. The lowest BCUT2D eigenvalue weighted by atomic mass is 10.2. The van der Waals surface area contributed by atoms with E-state index in [1.165, 1.54) is 6.33 Å². The van der Waals surface area contributed by atoms with E-state index in [4.69, 9.17) is 5.11 Å². The molecule has 0 radical (unpaired) electrons. The van der Waals surface area contributed by atoms with Crippen molar-refractivity contribution < 1.29 is 10.0 Å². The first kappa shape index (κ1) is 7.99. The Hall–Kier alpha value is -1.63. The van der Waals surface area contributed by atoms with Gasteiger partial charge in [-0.3, -0.25) is 0 Å². The molecule has 1 aliphatic rings. The summed E-state index contributed by atoms with van der Waals surface area (Å²) in [7, 11) is 0. The number of nitrogens with one attached hydrogen (secondary N) is 1. The summed E-state index contributed by atoms with van der Waals surface area (Å²) in [5.74, 6) is 0.183. The van der Waals surface area contributed by atoms with Crippen LogP contribution in [0.2, 0.25) is 0 Å². The third-order valence-corrected chi connectivity index (χ3v) is 1.94. The van der Waals surface area contributed by atoms with Crippen LogP contribution >= 0.6 is 0 Å². The monoisotopic (exact) mass is 184 g/mol. The van der Waals surface area contributed by atoms with Gasteiger partial charge in [-0.05, 0) is 4.92 Å². The average Bonchev–Trinajstić information content (AvgIpc) is 2.45. The zero-order valence-electron chi connectivity index (χ0n) is 6.67. The summed E-state index contributed by atoms with van der Waals surface area (Å²) in [4.78, 5) is 17.8. The van der Waals surface area contributed by atoms with Gasteiger partial charge in [0.05, 0.1) is 6.10 Å². The summed E-state index contributed by atoms with van der Waals surface area (Å²) in [5.41, 5.74) is 0. The second kappa shape index (κ2) is 2.70. The van der Waals surface area contributed by atoms with Crippen molar-refractivity contribution in [3.05, 3.63) is 16.4 Å². The molecule has 1 saturated heterocycles. The first-order valence-corrected chi connectivity index (χ1v) is 3.79. The minimum absolute atomic E-state index is 0.119. The standard InChI is InChI=1S/C6H8N4O3/c11-4-1-9(2-4)5-6(10(12)13)8-3-7-5/h3-4,11H,1-2H2,(H,7,8). The Morgan fingerprint density at radius 1 is 1.77 bits per heavy atom. The quantitative estimate of drug-likeness (QED) is 0.477. The molecule has 2 rings (SSSR count). The Morgan fingerprint density at radius 3 is 3.00 bits per heavy atom. The van der Waals surface area contributed by atoms with Crippen LogP contribution in [-0.2, 0) is 0 Å². The largest absolute Gasteiger partial charge is 0.389 e. The van der Waals surface area contributed by atoms with Crippen molar-refractivity contribution in [3.63, 3.8) is 0 Å². The molecular formula is C6H8N4O3. The molecule has 1 aromatic rings. The maximum absolute atomic E-state index is 10.5. The molecule has 13 heavy (non-hydrogen) atoms. The van der Waals surface area contributed by atoms with Crippen molar-refractivity contribution in [2.45, 2.75) is 6.10 Å². The molecule has 0 aliphatic carbocycles. The van der Waals surface area contributed by atoms with E-state index in [0.29, 0.717) is 18.9 Å². The summed E-state index contributed by atoms with van der Waals surface area (Å²) in [5, 5.41) is 19.5. The second-order valence-electron chi connectivity index (χ2n) is 2.89. The number of aliphatic hydroxyl groups excluding tert-OH is 1. The number of H-pyrrole nitrogens is 1. The van der Waals surface area contributed by atoms with Crippen molar-refractivity contribution in [1.82, 2.24) is 9.97 Å². The van der Waals surface area contributed by atoms with E-state index in [9.17, 15) is 10.1 Å². The van der Waals surface area contributed by atoms with Crippen molar-refractivity contribution in [1.29, 1.82) is 0 Å². The molecule has 0 aromatic carbocycles. The molecule has 0 spiro atoms. The molecule has 1 fully saturated rings. The first-order chi connectivity index (χ1) is 6.18. The third-order valence-electron chi connectivity index (χ3n) is 1.94. The molecular weight excluding hydrogens is 176 g/mol. The Morgan fingerprint density at radius 2 is 2.46 bits per heavy atom. The zero-order valence-corrected chi connectivity index (χ0v) is 6.67. The Bertz CT molecular complexity index is 330. The molecule has 2 heterocycles. The lowest BCUT2D eigenvalue weighted by molar-refractivity contribution is -0.388. The highest BCUT2D eigenvalue weighted by atomic mass is 16.6. The van der Waals surface area contributed by atoms with Crippen LogP contribution in [0.5, 0.6) is 0 Å². The smallest absolute Gasteiger partial charge is 0.365 e. The van der Waals surface area contributed by atoms with Gasteiger partial charge < -0.3 is 20.1 Å². The van der Waals surface area contributed by atoms with Crippen LogP contribution in [0.15, 0.2) is 6.33 Å². The number of hydrogen-bond acceptors (Lipinski definition) is 5. The number of β-amino-alcohol motifs (C(OH)–C–C–N with tert-alkyl or cyclic N) is 1. The van der Waals surface area contributed by atoms with Crippen LogP contribution in [0.25, 0.3) is 0 Å². The topological polar surface area (TPSA) is 95.3 Å². The van der Waals surface area contributed by atoms with Crippen molar-refractivity contribution in [2.24, 2.45) is 0 Å². The Kier molecular flexibility index (Phi) is 1.66. The van der Waals surface area contributed by atoms with Gasteiger partial charge in [0, 0.05) is 13.1 Å². The van der Waals surface area contributed by atoms with E-state index in [1.807, 2.05) is 0 Å². The van der Waals surface area contributed by atoms with Gasteiger partial charge in [0.2, 0.25) is 5.82 Å². The Balaban J connectivity index is 2.20. The highest BCUT2D eigenvalue weighted by Crippen LogP contribution is 2.26. The van der Waals surface area contributed by atoms with Crippen LogP contribution in [-0.4, -0.2) is 39.2 Å². The number of anilines is 1. The van der Waals surface area contributed by atoms with E-state index in [2.05, 4.69) is 9.97 Å². The van der Waals surface area contributed by atoms with Crippen LogP contribution in [0.3, 0.4) is 0 Å². The number of rotatable bonds is 2. The van der Waals surface area contributed by atoms with Gasteiger partial charge in [-0.15, -0.1) is 0 Å². The lowest BCUT2D eigenvalue weighted by Crippen LogP contribution is -2.51. The molecule has 0 amide bonds. The number of nitrogens with zero attached hydrogens (tertiary/aromatic N) is 3. The predicted molar refractivity (Wildman–Crippen MR) is 43.5 cm³/mol. The summed E-state index contributed by atoms with van der Waals surface area (Å²) in [6, 6.07) is 0. The van der Waals surface area contributed by atoms with Gasteiger partial charge in [0.1, 0.15) is 0 Å². The number of aliphatic hydroxyl groups is 1. The van der Waals surface area contributed by atoms with E-state index >= 15 is 0 Å². The van der Waals surface area contributed by atoms with E-state index in [1.54, 1.807) is 4.90 Å². The van der Waals surface area contributed by atoms with Gasteiger partial charge >= 0.3 is 5.82 Å². The van der Waals surface area contributed by atoms with Crippen molar-refractivity contribution >= 4 is 11.6 Å².